The van der Waals surface area contributed by atoms with Crippen LogP contribution in [0.1, 0.15) is 5.56 Å². The zero-order valence-corrected chi connectivity index (χ0v) is 18.3. The summed E-state index contributed by atoms with van der Waals surface area (Å²) >= 11 is 1.95. The summed E-state index contributed by atoms with van der Waals surface area (Å²) in [5, 5.41) is 0. The molecule has 0 aliphatic carbocycles. The van der Waals surface area contributed by atoms with Crippen LogP contribution in [0.5, 0.6) is 11.6 Å². The van der Waals surface area contributed by atoms with Gasteiger partial charge in [0.15, 0.2) is 5.96 Å². The van der Waals surface area contributed by atoms with Gasteiger partial charge in [-0.05, 0) is 17.7 Å². The third-order valence-electron chi connectivity index (χ3n) is 3.90. The van der Waals surface area contributed by atoms with Crippen molar-refractivity contribution in [3.05, 3.63) is 54.2 Å². The summed E-state index contributed by atoms with van der Waals surface area (Å²) in [6.07, 6.45) is 1.77. The molecule has 0 radical (unpaired) electrons. The second kappa shape index (κ2) is 11.9. The average Bonchev–Trinajstić information content (AvgIpc) is 2.72. The standard InChI is InChI=1S/C19H24N4O2S.HI/c20-19(23-8-12-26-13-9-23)22-15-16-6-7-18(21-14-16)25-11-10-24-17-4-2-1-3-5-17;/h1-7,14H,8-13,15H2,(H2,20,22);1H. The zero-order chi connectivity index (χ0) is 18.0. The van der Waals surface area contributed by atoms with Gasteiger partial charge in [-0.3, -0.25) is 0 Å². The average molecular weight is 500 g/mol. The van der Waals surface area contributed by atoms with Crippen LogP contribution in [-0.2, 0) is 6.54 Å². The number of thioether (sulfide) groups is 1. The number of para-hydroxylation sites is 1. The largest absolute Gasteiger partial charge is 0.490 e. The maximum atomic E-state index is 6.06. The first-order valence-corrected chi connectivity index (χ1v) is 9.85. The van der Waals surface area contributed by atoms with Crippen molar-refractivity contribution >= 4 is 41.7 Å². The highest BCUT2D eigenvalue weighted by Gasteiger charge is 2.11. The topological polar surface area (TPSA) is 73.0 Å². The molecule has 6 nitrogen and oxygen atoms in total. The molecule has 0 spiro atoms. The highest BCUT2D eigenvalue weighted by Crippen LogP contribution is 2.11. The van der Waals surface area contributed by atoms with E-state index in [1.54, 1.807) is 6.20 Å². The number of benzene rings is 1. The van der Waals surface area contributed by atoms with Crippen LogP contribution in [0.3, 0.4) is 0 Å². The van der Waals surface area contributed by atoms with E-state index in [0.29, 0.717) is 31.6 Å². The second-order valence-electron chi connectivity index (χ2n) is 5.79. The molecule has 27 heavy (non-hydrogen) atoms. The summed E-state index contributed by atoms with van der Waals surface area (Å²) in [4.78, 5) is 10.9. The summed E-state index contributed by atoms with van der Waals surface area (Å²) in [6, 6.07) is 13.5. The Morgan fingerprint density at radius 3 is 2.52 bits per heavy atom. The summed E-state index contributed by atoms with van der Waals surface area (Å²) < 4.78 is 11.2. The number of ether oxygens (including phenoxy) is 2. The zero-order valence-electron chi connectivity index (χ0n) is 15.1. The van der Waals surface area contributed by atoms with E-state index in [4.69, 9.17) is 15.2 Å². The second-order valence-corrected chi connectivity index (χ2v) is 7.01. The van der Waals surface area contributed by atoms with Crippen LogP contribution in [0.4, 0.5) is 0 Å². The first-order valence-electron chi connectivity index (χ1n) is 8.69. The van der Waals surface area contributed by atoms with E-state index in [1.165, 1.54) is 0 Å². The first kappa shape index (κ1) is 21.6. The number of halogens is 1. The Labute approximate surface area is 181 Å². The van der Waals surface area contributed by atoms with Gasteiger partial charge in [-0.25, -0.2) is 9.98 Å². The maximum absolute atomic E-state index is 6.06. The van der Waals surface area contributed by atoms with Crippen LogP contribution in [0, 0.1) is 0 Å². The minimum atomic E-state index is 0. The lowest BCUT2D eigenvalue weighted by atomic mass is 10.3. The fraction of sp³-hybridized carbons (Fsp3) is 0.368. The number of pyridine rings is 1. The van der Waals surface area contributed by atoms with Gasteiger partial charge in [-0.15, -0.1) is 24.0 Å². The highest BCUT2D eigenvalue weighted by atomic mass is 127. The minimum Gasteiger partial charge on any atom is -0.490 e. The molecule has 2 heterocycles. The molecular weight excluding hydrogens is 475 g/mol. The van der Waals surface area contributed by atoms with Gasteiger partial charge in [0.1, 0.15) is 19.0 Å². The van der Waals surface area contributed by atoms with Crippen molar-refractivity contribution in [3.8, 4) is 11.6 Å². The molecule has 0 atom stereocenters. The number of nitrogens with two attached hydrogens (primary N) is 1. The fourth-order valence-electron chi connectivity index (χ4n) is 2.48. The van der Waals surface area contributed by atoms with Gasteiger partial charge in [0.05, 0.1) is 6.54 Å². The number of aliphatic imine (C=N–C) groups is 1. The van der Waals surface area contributed by atoms with Crippen molar-refractivity contribution in [3.63, 3.8) is 0 Å². The molecular formula is C19H25IN4O2S. The Hall–Kier alpha value is -1.68. The van der Waals surface area contributed by atoms with Crippen molar-refractivity contribution < 1.29 is 9.47 Å². The van der Waals surface area contributed by atoms with Crippen LogP contribution in [0.2, 0.25) is 0 Å². The normalized spacial score (nSPS) is 14.4. The Morgan fingerprint density at radius 1 is 1.07 bits per heavy atom. The molecule has 0 amide bonds. The van der Waals surface area contributed by atoms with Gasteiger partial charge in [0.2, 0.25) is 5.88 Å². The molecule has 1 aromatic carbocycles. The van der Waals surface area contributed by atoms with E-state index in [0.717, 1.165) is 35.9 Å². The Morgan fingerprint density at radius 2 is 1.81 bits per heavy atom. The smallest absolute Gasteiger partial charge is 0.213 e. The lowest BCUT2D eigenvalue weighted by molar-refractivity contribution is 0.212. The van der Waals surface area contributed by atoms with Crippen molar-refractivity contribution in [1.29, 1.82) is 0 Å². The molecule has 8 heteroatoms. The van der Waals surface area contributed by atoms with Gasteiger partial charge < -0.3 is 20.1 Å². The number of aromatic nitrogens is 1. The Balaban J connectivity index is 0.00000261. The Bertz CT molecular complexity index is 695. The maximum Gasteiger partial charge on any atom is 0.213 e. The molecule has 1 aliphatic heterocycles. The number of hydrogen-bond donors (Lipinski definition) is 1. The van der Waals surface area contributed by atoms with E-state index < -0.39 is 0 Å². The van der Waals surface area contributed by atoms with Crippen LogP contribution in [-0.4, -0.2) is 53.7 Å². The van der Waals surface area contributed by atoms with E-state index in [2.05, 4.69) is 14.9 Å². The summed E-state index contributed by atoms with van der Waals surface area (Å²) in [5.41, 5.74) is 7.07. The molecule has 1 aromatic heterocycles. The molecule has 3 rings (SSSR count). The lowest BCUT2D eigenvalue weighted by Gasteiger charge is -2.27. The molecule has 2 aromatic rings. The van der Waals surface area contributed by atoms with E-state index in [-0.39, 0.29) is 24.0 Å². The van der Waals surface area contributed by atoms with Gasteiger partial charge >= 0.3 is 0 Å². The molecule has 1 aliphatic rings. The van der Waals surface area contributed by atoms with Crippen LogP contribution in [0.25, 0.3) is 0 Å². The van der Waals surface area contributed by atoms with Crippen molar-refractivity contribution in [2.24, 2.45) is 10.7 Å². The quantitative estimate of drug-likeness (QED) is 0.273. The predicted octanol–water partition coefficient (Wildman–Crippen LogP) is 3.02. The number of guanidine groups is 1. The third-order valence-corrected chi connectivity index (χ3v) is 4.84. The van der Waals surface area contributed by atoms with Crippen LogP contribution >= 0.6 is 35.7 Å². The molecule has 146 valence electrons. The highest BCUT2D eigenvalue weighted by molar-refractivity contribution is 14.0. The van der Waals surface area contributed by atoms with Gasteiger partial charge in [0.25, 0.3) is 0 Å². The van der Waals surface area contributed by atoms with Crippen LogP contribution in [0.15, 0.2) is 53.7 Å². The molecule has 1 fully saturated rings. The molecule has 1 saturated heterocycles. The minimum absolute atomic E-state index is 0. The first-order chi connectivity index (χ1) is 12.8. The molecule has 2 N–H and O–H groups in total. The van der Waals surface area contributed by atoms with E-state index >= 15 is 0 Å². The van der Waals surface area contributed by atoms with Gasteiger partial charge in [0, 0.05) is 36.9 Å². The summed E-state index contributed by atoms with van der Waals surface area (Å²) in [6.45, 7) is 3.38. The van der Waals surface area contributed by atoms with E-state index in [1.807, 2.05) is 54.2 Å². The fourth-order valence-corrected chi connectivity index (χ4v) is 3.38. The monoisotopic (exact) mass is 500 g/mol. The molecule has 0 unspecified atom stereocenters. The number of rotatable bonds is 7. The Kier molecular flexibility index (Phi) is 9.54. The number of hydrogen-bond acceptors (Lipinski definition) is 5. The van der Waals surface area contributed by atoms with Crippen molar-refractivity contribution in [2.75, 3.05) is 37.8 Å². The SMILES string of the molecule is I.NC(=NCc1ccc(OCCOc2ccccc2)nc1)N1CCSCC1. The number of nitrogens with zero attached hydrogens (tertiary/aromatic N) is 3. The molecule has 0 saturated carbocycles. The summed E-state index contributed by atoms with van der Waals surface area (Å²) in [7, 11) is 0. The third kappa shape index (κ3) is 7.45. The summed E-state index contributed by atoms with van der Waals surface area (Å²) in [5.74, 6) is 4.25. The van der Waals surface area contributed by atoms with Gasteiger partial charge in [-0.2, -0.15) is 11.8 Å². The van der Waals surface area contributed by atoms with Crippen molar-refractivity contribution in [2.45, 2.75) is 6.54 Å². The van der Waals surface area contributed by atoms with Crippen molar-refractivity contribution in [1.82, 2.24) is 9.88 Å². The van der Waals surface area contributed by atoms with E-state index in [9.17, 15) is 0 Å². The molecule has 0 bridgehead atoms. The van der Waals surface area contributed by atoms with Gasteiger partial charge in [-0.1, -0.05) is 24.3 Å². The van der Waals surface area contributed by atoms with Crippen LogP contribution < -0.4 is 15.2 Å². The predicted molar refractivity (Wildman–Crippen MR) is 121 cm³/mol. The lowest BCUT2D eigenvalue weighted by Crippen LogP contribution is -2.42.